The van der Waals surface area contributed by atoms with Crippen molar-refractivity contribution >= 4 is 0 Å². The predicted molar refractivity (Wildman–Crippen MR) is 58.4 cm³/mol. The Morgan fingerprint density at radius 2 is 1.85 bits per heavy atom. The molecule has 73 valence electrons. The van der Waals surface area contributed by atoms with Crippen molar-refractivity contribution in [3.8, 4) is 0 Å². The van der Waals surface area contributed by atoms with E-state index < -0.39 is 0 Å². The molecule has 0 aliphatic heterocycles. The van der Waals surface area contributed by atoms with Gasteiger partial charge in [0.1, 0.15) is 0 Å². The second-order valence-electron chi connectivity index (χ2n) is 4.46. The summed E-state index contributed by atoms with van der Waals surface area (Å²) in [5, 5.41) is 0. The van der Waals surface area contributed by atoms with Gasteiger partial charge in [0.15, 0.2) is 0 Å². The van der Waals surface area contributed by atoms with Gasteiger partial charge in [0.05, 0.1) is 0 Å². The number of hydrogen-bond acceptors (Lipinski definition) is 0. The quantitative estimate of drug-likeness (QED) is 0.556. The molecule has 1 aliphatic carbocycles. The Balaban J connectivity index is 2.72. The number of allylic oxidation sites excluding steroid dienone is 1. The van der Waals surface area contributed by atoms with Crippen LogP contribution in [0.25, 0.3) is 0 Å². The van der Waals surface area contributed by atoms with Crippen LogP contribution in [0.4, 0.5) is 0 Å². The lowest BCUT2D eigenvalue weighted by atomic mass is 9.73. The van der Waals surface area contributed by atoms with Crippen LogP contribution in [0.15, 0.2) is 17.9 Å². The van der Waals surface area contributed by atoms with Crippen molar-refractivity contribution in [2.45, 2.75) is 46.5 Å². The highest BCUT2D eigenvalue weighted by molar-refractivity contribution is 5.23. The maximum atomic E-state index is 3.81. The average Bonchev–Trinajstić information content (AvgIpc) is 2.09. The number of rotatable bonds is 2. The van der Waals surface area contributed by atoms with Crippen LogP contribution >= 0.6 is 0 Å². The first-order chi connectivity index (χ1) is 6.16. The molecule has 0 saturated heterocycles. The summed E-state index contributed by atoms with van der Waals surface area (Å²) in [6, 6.07) is 0. The van der Waals surface area contributed by atoms with E-state index in [0.717, 1.165) is 11.8 Å². The van der Waals surface area contributed by atoms with Crippen LogP contribution in [0, 0.1) is 17.8 Å². The molecule has 0 N–H and O–H groups in total. The molecular weight excluding hydrogens is 156 g/mol. The van der Waals surface area contributed by atoms with Crippen molar-refractivity contribution in [3.63, 3.8) is 0 Å². The first kappa shape index (κ1) is 10.6. The van der Waals surface area contributed by atoms with Crippen LogP contribution in [0.3, 0.4) is 0 Å². The SMILES string of the molecule is C=C=C([C](C)C)C1CCCCC1C. The van der Waals surface area contributed by atoms with Gasteiger partial charge in [0.2, 0.25) is 0 Å². The topological polar surface area (TPSA) is 0 Å². The lowest BCUT2D eigenvalue weighted by Gasteiger charge is -2.31. The largest absolute Gasteiger partial charge is 0.129 e. The Labute approximate surface area is 82.7 Å². The van der Waals surface area contributed by atoms with E-state index >= 15 is 0 Å². The molecule has 0 bridgehead atoms. The van der Waals surface area contributed by atoms with Crippen LogP contribution in [0.2, 0.25) is 0 Å². The van der Waals surface area contributed by atoms with Crippen LogP contribution in [0.1, 0.15) is 46.5 Å². The van der Waals surface area contributed by atoms with Gasteiger partial charge in [-0.1, -0.05) is 46.6 Å². The van der Waals surface area contributed by atoms with Gasteiger partial charge in [0.25, 0.3) is 0 Å². The fourth-order valence-corrected chi connectivity index (χ4v) is 2.42. The fraction of sp³-hybridized carbons (Fsp3) is 0.692. The van der Waals surface area contributed by atoms with Crippen molar-refractivity contribution in [2.24, 2.45) is 11.8 Å². The summed E-state index contributed by atoms with van der Waals surface area (Å²) >= 11 is 0. The van der Waals surface area contributed by atoms with E-state index in [4.69, 9.17) is 0 Å². The smallest absolute Gasteiger partial charge is 0.00283 e. The third-order valence-electron chi connectivity index (χ3n) is 3.21. The third kappa shape index (κ3) is 2.48. The highest BCUT2D eigenvalue weighted by Crippen LogP contribution is 2.37. The standard InChI is InChI=1S/C13H21/c1-5-12(10(2)3)13-9-7-6-8-11(13)4/h11,13H,1,6-9H2,2-4H3. The molecule has 2 atom stereocenters. The molecule has 0 spiro atoms. The van der Waals surface area contributed by atoms with Crippen LogP contribution in [-0.2, 0) is 0 Å². The summed E-state index contributed by atoms with van der Waals surface area (Å²) in [7, 11) is 0. The van der Waals surface area contributed by atoms with Gasteiger partial charge in [-0.3, -0.25) is 0 Å². The third-order valence-corrected chi connectivity index (χ3v) is 3.21. The van der Waals surface area contributed by atoms with Gasteiger partial charge in [-0.2, -0.15) is 0 Å². The van der Waals surface area contributed by atoms with E-state index in [9.17, 15) is 0 Å². The molecule has 1 aliphatic rings. The molecule has 1 saturated carbocycles. The molecule has 0 aromatic carbocycles. The Bertz CT molecular complexity index is 206. The van der Waals surface area contributed by atoms with Gasteiger partial charge >= 0.3 is 0 Å². The molecule has 0 aromatic heterocycles. The van der Waals surface area contributed by atoms with Crippen molar-refractivity contribution < 1.29 is 0 Å². The Hall–Kier alpha value is -0.480. The van der Waals surface area contributed by atoms with E-state index in [0.29, 0.717) is 0 Å². The van der Waals surface area contributed by atoms with Crippen LogP contribution < -0.4 is 0 Å². The van der Waals surface area contributed by atoms with Gasteiger partial charge in [-0.15, -0.1) is 5.73 Å². The molecule has 13 heavy (non-hydrogen) atoms. The zero-order chi connectivity index (χ0) is 9.84. The second-order valence-corrected chi connectivity index (χ2v) is 4.46. The maximum Gasteiger partial charge on any atom is 0.00283 e. The molecule has 1 rings (SSSR count). The van der Waals surface area contributed by atoms with Gasteiger partial charge in [-0.25, -0.2) is 0 Å². The minimum atomic E-state index is 0.733. The molecule has 1 radical (unpaired) electrons. The molecule has 0 nitrogen and oxygen atoms in total. The van der Waals surface area contributed by atoms with Gasteiger partial charge in [0, 0.05) is 5.92 Å². The van der Waals surface area contributed by atoms with Crippen molar-refractivity contribution in [1.29, 1.82) is 0 Å². The zero-order valence-corrected chi connectivity index (χ0v) is 9.19. The molecular formula is C13H21. The summed E-state index contributed by atoms with van der Waals surface area (Å²) in [4.78, 5) is 0. The van der Waals surface area contributed by atoms with Crippen molar-refractivity contribution in [1.82, 2.24) is 0 Å². The normalized spacial score (nSPS) is 28.6. The summed E-state index contributed by atoms with van der Waals surface area (Å²) in [6.07, 6.45) is 5.51. The lowest BCUT2D eigenvalue weighted by Crippen LogP contribution is -2.20. The van der Waals surface area contributed by atoms with Crippen molar-refractivity contribution in [2.75, 3.05) is 0 Å². The average molecular weight is 177 g/mol. The van der Waals surface area contributed by atoms with Gasteiger partial charge in [-0.05, 0) is 23.8 Å². The van der Waals surface area contributed by atoms with Gasteiger partial charge < -0.3 is 0 Å². The van der Waals surface area contributed by atoms with E-state index in [1.54, 1.807) is 0 Å². The molecule has 0 heteroatoms. The lowest BCUT2D eigenvalue weighted by molar-refractivity contribution is 0.292. The second kappa shape index (κ2) is 4.67. The highest BCUT2D eigenvalue weighted by atomic mass is 14.3. The van der Waals surface area contributed by atoms with Crippen molar-refractivity contribution in [3.05, 3.63) is 23.8 Å². The Kier molecular flexibility index (Phi) is 3.81. The highest BCUT2D eigenvalue weighted by Gasteiger charge is 2.25. The minimum Gasteiger partial charge on any atom is -0.129 e. The summed E-state index contributed by atoms with van der Waals surface area (Å²) in [5.41, 5.74) is 4.51. The first-order valence-electron chi connectivity index (χ1n) is 5.37. The summed E-state index contributed by atoms with van der Waals surface area (Å²) in [6.45, 7) is 10.5. The van der Waals surface area contributed by atoms with Crippen LogP contribution in [-0.4, -0.2) is 0 Å². The first-order valence-corrected chi connectivity index (χ1v) is 5.37. The molecule has 0 aromatic rings. The van der Waals surface area contributed by atoms with Crippen LogP contribution in [0.5, 0.6) is 0 Å². The summed E-state index contributed by atoms with van der Waals surface area (Å²) in [5.74, 6) is 2.96. The minimum absolute atomic E-state index is 0.733. The molecule has 1 fully saturated rings. The molecule has 0 amide bonds. The summed E-state index contributed by atoms with van der Waals surface area (Å²) < 4.78 is 0. The molecule has 2 unspecified atom stereocenters. The Morgan fingerprint density at radius 3 is 2.31 bits per heavy atom. The fourth-order valence-electron chi connectivity index (χ4n) is 2.42. The predicted octanol–water partition coefficient (Wildman–Crippen LogP) is 4.14. The monoisotopic (exact) mass is 177 g/mol. The van der Waals surface area contributed by atoms with E-state index in [2.05, 4.69) is 33.1 Å². The van der Waals surface area contributed by atoms with E-state index in [1.165, 1.54) is 37.2 Å². The Morgan fingerprint density at radius 1 is 1.23 bits per heavy atom. The zero-order valence-electron chi connectivity index (χ0n) is 9.19. The number of hydrogen-bond donors (Lipinski definition) is 0. The van der Waals surface area contributed by atoms with E-state index in [-0.39, 0.29) is 0 Å². The molecule has 0 heterocycles. The van der Waals surface area contributed by atoms with E-state index in [1.807, 2.05) is 0 Å². The maximum absolute atomic E-state index is 3.81.